The zero-order valence-corrected chi connectivity index (χ0v) is 21.9. The molecule has 198 valence electrons. The van der Waals surface area contributed by atoms with Crippen LogP contribution in [0.25, 0.3) is 10.9 Å². The smallest absolute Gasteiger partial charge is 0.419 e. The van der Waals surface area contributed by atoms with E-state index in [0.717, 1.165) is 16.5 Å². The number of para-hydroxylation sites is 1. The summed E-state index contributed by atoms with van der Waals surface area (Å²) in [5.74, 6) is 0.340. The molecule has 9 nitrogen and oxygen atoms in total. The van der Waals surface area contributed by atoms with Crippen molar-refractivity contribution in [3.8, 4) is 5.75 Å². The van der Waals surface area contributed by atoms with Crippen molar-refractivity contribution in [2.24, 2.45) is 11.8 Å². The van der Waals surface area contributed by atoms with Crippen molar-refractivity contribution >= 4 is 28.8 Å². The fraction of sp³-hybridized carbons (Fsp3) is 0.414. The van der Waals surface area contributed by atoms with Crippen LogP contribution in [0, 0.1) is 11.8 Å². The van der Waals surface area contributed by atoms with Gasteiger partial charge in [-0.05, 0) is 44.5 Å². The van der Waals surface area contributed by atoms with Crippen molar-refractivity contribution in [2.45, 2.75) is 38.3 Å². The quantitative estimate of drug-likeness (QED) is 0.547. The van der Waals surface area contributed by atoms with E-state index in [0.29, 0.717) is 47.4 Å². The van der Waals surface area contributed by atoms with Crippen LogP contribution in [0.2, 0.25) is 0 Å². The van der Waals surface area contributed by atoms with Gasteiger partial charge in [-0.25, -0.2) is 4.79 Å². The second-order valence-corrected chi connectivity index (χ2v) is 11.2. The fourth-order valence-corrected chi connectivity index (χ4v) is 5.65. The van der Waals surface area contributed by atoms with Crippen LogP contribution in [-0.4, -0.2) is 61.0 Å². The summed E-state index contributed by atoms with van der Waals surface area (Å²) in [4.78, 5) is 39.2. The van der Waals surface area contributed by atoms with E-state index in [2.05, 4.69) is 10.6 Å². The lowest BCUT2D eigenvalue weighted by Crippen LogP contribution is -2.30. The summed E-state index contributed by atoms with van der Waals surface area (Å²) < 4.78 is 18.7. The van der Waals surface area contributed by atoms with E-state index < -0.39 is 11.7 Å². The highest BCUT2D eigenvalue weighted by Gasteiger charge is 2.54. The number of hydrogen-bond acceptors (Lipinski definition) is 6. The van der Waals surface area contributed by atoms with Crippen molar-refractivity contribution in [1.29, 1.82) is 0 Å². The molecular weight excluding hydrogens is 486 g/mol. The summed E-state index contributed by atoms with van der Waals surface area (Å²) in [6.45, 7) is 7.09. The Morgan fingerprint density at radius 3 is 2.45 bits per heavy atom. The van der Waals surface area contributed by atoms with Crippen LogP contribution in [0.3, 0.4) is 0 Å². The van der Waals surface area contributed by atoms with E-state index in [-0.39, 0.29) is 30.4 Å². The molecular formula is C29H31N3O6. The summed E-state index contributed by atoms with van der Waals surface area (Å²) in [5, 5.41) is 6.65. The first-order chi connectivity index (χ1) is 18.2. The number of aromatic nitrogens is 1. The minimum absolute atomic E-state index is 0.104. The largest absolute Gasteiger partial charge is 0.491 e. The van der Waals surface area contributed by atoms with Gasteiger partial charge in [0.1, 0.15) is 11.4 Å². The van der Waals surface area contributed by atoms with Gasteiger partial charge in [0.25, 0.3) is 11.8 Å². The van der Waals surface area contributed by atoms with E-state index in [9.17, 15) is 14.4 Å². The van der Waals surface area contributed by atoms with Gasteiger partial charge >= 0.3 is 6.09 Å². The van der Waals surface area contributed by atoms with Gasteiger partial charge in [-0.3, -0.25) is 14.2 Å². The molecule has 2 aromatic carbocycles. The molecule has 1 unspecified atom stereocenters. The van der Waals surface area contributed by atoms with Crippen LogP contribution in [0.15, 0.2) is 42.6 Å². The molecule has 2 amide bonds. The highest BCUT2D eigenvalue weighted by atomic mass is 16.6. The van der Waals surface area contributed by atoms with Crippen LogP contribution >= 0.6 is 0 Å². The molecule has 0 spiro atoms. The molecule has 2 aliphatic heterocycles. The Morgan fingerprint density at radius 2 is 1.74 bits per heavy atom. The molecule has 4 atom stereocenters. The lowest BCUT2D eigenvalue weighted by atomic mass is 9.90. The van der Waals surface area contributed by atoms with Crippen LogP contribution < -0.4 is 15.4 Å². The average Bonchev–Trinajstić information content (AvgIpc) is 3.32. The van der Waals surface area contributed by atoms with Crippen molar-refractivity contribution in [1.82, 2.24) is 15.2 Å². The molecule has 3 aliphatic rings. The van der Waals surface area contributed by atoms with E-state index in [4.69, 9.17) is 14.2 Å². The number of benzene rings is 2. The van der Waals surface area contributed by atoms with Crippen LogP contribution in [-0.2, 0) is 9.47 Å². The molecule has 1 aliphatic carbocycles. The molecule has 38 heavy (non-hydrogen) atoms. The summed E-state index contributed by atoms with van der Waals surface area (Å²) in [5.41, 5.74) is 2.38. The Morgan fingerprint density at radius 1 is 1.00 bits per heavy atom. The van der Waals surface area contributed by atoms with Crippen LogP contribution in [0.5, 0.6) is 5.75 Å². The third kappa shape index (κ3) is 4.11. The average molecular weight is 518 g/mol. The van der Waals surface area contributed by atoms with Gasteiger partial charge in [0.2, 0.25) is 0 Å². The molecule has 2 N–H and O–H groups in total. The fourth-order valence-electron chi connectivity index (χ4n) is 5.65. The molecule has 1 saturated carbocycles. The minimum atomic E-state index is -0.650. The Labute approximate surface area is 220 Å². The van der Waals surface area contributed by atoms with E-state index >= 15 is 0 Å². The molecule has 1 saturated heterocycles. The van der Waals surface area contributed by atoms with Gasteiger partial charge in [-0.15, -0.1) is 0 Å². The maximum Gasteiger partial charge on any atom is 0.419 e. The number of hydrogen-bond donors (Lipinski definition) is 2. The second-order valence-electron chi connectivity index (χ2n) is 11.2. The number of nitrogens with zero attached hydrogens (tertiary/aromatic N) is 1. The number of nitrogens with one attached hydrogen (secondary N) is 2. The van der Waals surface area contributed by atoms with Gasteiger partial charge in [0.05, 0.1) is 30.9 Å². The Bertz CT molecular complexity index is 1460. The topological polar surface area (TPSA) is 108 Å². The molecule has 3 aromatic rings. The highest BCUT2D eigenvalue weighted by molar-refractivity contribution is 6.03. The van der Waals surface area contributed by atoms with Crippen LogP contribution in [0.1, 0.15) is 58.5 Å². The normalized spacial score (nSPS) is 23.4. The third-order valence-electron chi connectivity index (χ3n) is 7.58. The number of rotatable bonds is 4. The van der Waals surface area contributed by atoms with Gasteiger partial charge in [0, 0.05) is 53.6 Å². The first kappa shape index (κ1) is 24.5. The van der Waals surface area contributed by atoms with Crippen molar-refractivity contribution < 1.29 is 28.6 Å². The van der Waals surface area contributed by atoms with Gasteiger partial charge in [0.15, 0.2) is 0 Å². The standard InChI is InChI=1S/C29H31N3O6/c1-29(2,3)38-28(35)32-11-19(16-7-5-6-8-23(16)32)20-14-37-25-17(20)9-15(10-18(25)27(34)30-4)26(33)31-24-21-12-36-13-22(21)24/h5-11,20-22,24H,12-14H2,1-4H3,(H,30,34)(H,31,33)/t20?,21-,22+,24+. The zero-order valence-electron chi connectivity index (χ0n) is 21.9. The summed E-state index contributed by atoms with van der Waals surface area (Å²) in [6.07, 6.45) is 1.30. The SMILES string of the molecule is CNC(=O)c1cc(C(=O)N[C@H]2[C@@H]3COC[C@@H]32)cc2c1OCC2c1cn(C(=O)OC(C)(C)C)c2ccccc12. The molecule has 9 heteroatoms. The molecule has 1 aromatic heterocycles. The molecule has 3 heterocycles. The zero-order chi connectivity index (χ0) is 26.8. The predicted octanol–water partition coefficient (Wildman–Crippen LogP) is 3.68. The van der Waals surface area contributed by atoms with Gasteiger partial charge in [-0.2, -0.15) is 0 Å². The van der Waals surface area contributed by atoms with Crippen molar-refractivity contribution in [3.05, 3.63) is 64.8 Å². The number of fused-ring (bicyclic) bond motifs is 3. The molecule has 0 radical (unpaired) electrons. The number of ether oxygens (including phenoxy) is 3. The highest BCUT2D eigenvalue weighted by Crippen LogP contribution is 2.46. The summed E-state index contributed by atoms with van der Waals surface area (Å²) in [7, 11) is 1.55. The maximum absolute atomic E-state index is 13.3. The molecule has 2 fully saturated rings. The monoisotopic (exact) mass is 517 g/mol. The second kappa shape index (κ2) is 8.87. The number of carbonyl (C=O) groups excluding carboxylic acids is 3. The van der Waals surface area contributed by atoms with E-state index in [1.54, 1.807) is 19.3 Å². The summed E-state index contributed by atoms with van der Waals surface area (Å²) in [6, 6.07) is 11.1. The van der Waals surface area contributed by atoms with Gasteiger partial charge < -0.3 is 24.8 Å². The number of amides is 2. The number of carbonyl (C=O) groups is 3. The minimum Gasteiger partial charge on any atom is -0.491 e. The third-order valence-corrected chi connectivity index (χ3v) is 7.58. The molecule has 6 rings (SSSR count). The Balaban J connectivity index is 1.40. The van der Waals surface area contributed by atoms with Crippen molar-refractivity contribution in [2.75, 3.05) is 26.9 Å². The first-order valence-corrected chi connectivity index (χ1v) is 12.9. The van der Waals surface area contributed by atoms with Crippen molar-refractivity contribution in [3.63, 3.8) is 0 Å². The predicted molar refractivity (Wildman–Crippen MR) is 140 cm³/mol. The lowest BCUT2D eigenvalue weighted by Gasteiger charge is -2.19. The van der Waals surface area contributed by atoms with Gasteiger partial charge in [-0.1, -0.05) is 18.2 Å². The lowest BCUT2D eigenvalue weighted by molar-refractivity contribution is 0.0543. The Hall–Kier alpha value is -3.85. The van der Waals surface area contributed by atoms with Crippen LogP contribution in [0.4, 0.5) is 4.79 Å². The van der Waals surface area contributed by atoms with E-state index in [1.807, 2.05) is 51.1 Å². The van der Waals surface area contributed by atoms with E-state index in [1.165, 1.54) is 4.57 Å². The maximum atomic E-state index is 13.3. The first-order valence-electron chi connectivity index (χ1n) is 12.9. The Kier molecular flexibility index (Phi) is 5.72. The molecule has 0 bridgehead atoms. The summed E-state index contributed by atoms with van der Waals surface area (Å²) >= 11 is 0.